The highest BCUT2D eigenvalue weighted by atomic mass is 19.1. The van der Waals surface area contributed by atoms with Gasteiger partial charge < -0.3 is 15.3 Å². The van der Waals surface area contributed by atoms with Gasteiger partial charge in [0.1, 0.15) is 11.9 Å². The molecule has 5 nitrogen and oxygen atoms in total. The van der Waals surface area contributed by atoms with Crippen LogP contribution >= 0.6 is 0 Å². The molecule has 1 aliphatic carbocycles. The van der Waals surface area contributed by atoms with E-state index in [2.05, 4.69) is 5.32 Å². The van der Waals surface area contributed by atoms with Crippen LogP contribution in [0.1, 0.15) is 25.1 Å². The van der Waals surface area contributed by atoms with Crippen LogP contribution in [-0.2, 0) is 7.05 Å². The number of halogens is 1. The molecule has 154 valence electrons. The van der Waals surface area contributed by atoms with Gasteiger partial charge in [0.25, 0.3) is 0 Å². The maximum atomic E-state index is 14.5. The van der Waals surface area contributed by atoms with Gasteiger partial charge in [0.05, 0.1) is 28.7 Å². The number of benzene rings is 1. The quantitative estimate of drug-likeness (QED) is 0.627. The van der Waals surface area contributed by atoms with Gasteiger partial charge in [-0.2, -0.15) is 5.26 Å². The average molecular weight is 411 g/mol. The van der Waals surface area contributed by atoms with Crippen molar-refractivity contribution in [2.75, 3.05) is 0 Å². The molecule has 3 aromatic rings. The Morgan fingerprint density at radius 1 is 1.26 bits per heavy atom. The van der Waals surface area contributed by atoms with Gasteiger partial charge in [-0.15, -0.1) is 0 Å². The molecule has 31 heavy (non-hydrogen) atoms. The van der Waals surface area contributed by atoms with Crippen LogP contribution in [0.15, 0.2) is 66.7 Å². The predicted molar refractivity (Wildman–Crippen MR) is 122 cm³/mol. The summed E-state index contributed by atoms with van der Waals surface area (Å²) in [5.74, 6) is -0.560. The lowest BCUT2D eigenvalue weighted by molar-refractivity contribution is 0.624. The number of nitrogens with one attached hydrogen (secondary N) is 2. The Labute approximate surface area is 180 Å². The molecule has 2 heterocycles. The van der Waals surface area contributed by atoms with E-state index in [-0.39, 0.29) is 11.6 Å². The molecule has 0 bridgehead atoms. The van der Waals surface area contributed by atoms with Crippen molar-refractivity contribution in [1.82, 2.24) is 14.9 Å². The third-order valence-corrected chi connectivity index (χ3v) is 5.22. The minimum absolute atomic E-state index is 0.00806. The Hall–Kier alpha value is -3.98. The summed E-state index contributed by atoms with van der Waals surface area (Å²) in [5, 5.41) is 21.5. The molecule has 2 aromatic heterocycles. The van der Waals surface area contributed by atoms with Gasteiger partial charge in [-0.3, -0.25) is 4.98 Å². The third kappa shape index (κ3) is 3.78. The van der Waals surface area contributed by atoms with Crippen molar-refractivity contribution >= 4 is 22.2 Å². The van der Waals surface area contributed by atoms with Crippen LogP contribution < -0.4 is 5.32 Å². The van der Waals surface area contributed by atoms with Gasteiger partial charge in [-0.1, -0.05) is 12.1 Å². The number of nitriles is 1. The van der Waals surface area contributed by atoms with E-state index in [0.29, 0.717) is 17.0 Å². The van der Waals surface area contributed by atoms with Crippen molar-refractivity contribution in [1.29, 1.82) is 10.7 Å². The minimum Gasteiger partial charge on any atom is -0.388 e. The zero-order chi connectivity index (χ0) is 22.1. The topological polar surface area (TPSA) is 77.5 Å². The van der Waals surface area contributed by atoms with Gasteiger partial charge in [-0.05, 0) is 49.8 Å². The maximum Gasteiger partial charge on any atom is 0.141 e. The molecule has 0 aliphatic heterocycles. The normalized spacial score (nSPS) is 14.9. The van der Waals surface area contributed by atoms with Crippen molar-refractivity contribution in [2.24, 2.45) is 7.05 Å². The van der Waals surface area contributed by atoms with Crippen molar-refractivity contribution in [3.8, 4) is 17.2 Å². The van der Waals surface area contributed by atoms with Crippen LogP contribution in [0.5, 0.6) is 0 Å². The molecule has 0 fully saturated rings. The Balaban J connectivity index is 1.94. The third-order valence-electron chi connectivity index (χ3n) is 5.22. The Kier molecular flexibility index (Phi) is 5.26. The molecule has 0 spiro atoms. The highest BCUT2D eigenvalue weighted by Crippen LogP contribution is 2.37. The molecule has 4 rings (SSSR count). The second-order valence-corrected chi connectivity index (χ2v) is 7.78. The molecular weight excluding hydrogens is 389 g/mol. The number of aryl methyl sites for hydroxylation is 1. The fourth-order valence-corrected chi connectivity index (χ4v) is 3.59. The van der Waals surface area contributed by atoms with Crippen LogP contribution in [0.2, 0.25) is 0 Å². The molecule has 0 atom stereocenters. The highest BCUT2D eigenvalue weighted by Gasteiger charge is 2.19. The SMILES string of the molecule is CC(C)N/C=C1/C=C(c2ncc3c(ccn3C)c2-c2ccc(C#N)c(F)c2)C=CC1=N. The first-order valence-corrected chi connectivity index (χ1v) is 9.98. The number of hydrogen-bond acceptors (Lipinski definition) is 4. The number of aromatic nitrogens is 2. The summed E-state index contributed by atoms with van der Waals surface area (Å²) >= 11 is 0. The van der Waals surface area contributed by atoms with Crippen LogP contribution in [0.4, 0.5) is 4.39 Å². The van der Waals surface area contributed by atoms with Crippen LogP contribution in [-0.4, -0.2) is 21.3 Å². The lowest BCUT2D eigenvalue weighted by atomic mass is 9.91. The molecule has 1 aromatic carbocycles. The maximum absolute atomic E-state index is 14.5. The summed E-state index contributed by atoms with van der Waals surface area (Å²) in [6.45, 7) is 4.07. The van der Waals surface area contributed by atoms with Gasteiger partial charge in [-0.25, -0.2) is 4.39 Å². The lowest BCUT2D eigenvalue weighted by Gasteiger charge is -2.16. The van der Waals surface area contributed by atoms with Crippen molar-refractivity contribution in [3.05, 3.63) is 83.7 Å². The van der Waals surface area contributed by atoms with Crippen LogP contribution in [0.25, 0.3) is 27.6 Å². The zero-order valence-corrected chi connectivity index (χ0v) is 17.6. The van der Waals surface area contributed by atoms with E-state index < -0.39 is 5.82 Å². The van der Waals surface area contributed by atoms with Crippen LogP contribution in [0, 0.1) is 22.6 Å². The van der Waals surface area contributed by atoms with Crippen molar-refractivity contribution in [3.63, 3.8) is 0 Å². The van der Waals surface area contributed by atoms with E-state index in [1.54, 1.807) is 18.3 Å². The monoisotopic (exact) mass is 411 g/mol. The number of allylic oxidation sites excluding steroid dienone is 5. The number of fused-ring (bicyclic) bond motifs is 1. The van der Waals surface area contributed by atoms with Gasteiger partial charge in [0.2, 0.25) is 0 Å². The standard InChI is InChI=1S/C25H22FN5/c1-15(2)29-13-19-10-17(6-7-22(19)28)25-24(16-4-5-18(12-27)21(26)11-16)20-8-9-31(3)23(20)14-30-25/h4-11,13-15,28-29H,1-3H3/b19-13-,28-22?. The fourth-order valence-electron chi connectivity index (χ4n) is 3.59. The first kappa shape index (κ1) is 20.3. The van der Waals surface area contributed by atoms with Crippen molar-refractivity contribution < 1.29 is 4.39 Å². The smallest absolute Gasteiger partial charge is 0.141 e. The first-order chi connectivity index (χ1) is 14.9. The van der Waals surface area contributed by atoms with E-state index in [1.807, 2.05) is 62.1 Å². The second-order valence-electron chi connectivity index (χ2n) is 7.78. The van der Waals surface area contributed by atoms with Gasteiger partial charge >= 0.3 is 0 Å². The zero-order valence-electron chi connectivity index (χ0n) is 17.6. The molecular formula is C25H22FN5. The number of pyridine rings is 1. The predicted octanol–water partition coefficient (Wildman–Crippen LogP) is 5.11. The first-order valence-electron chi connectivity index (χ1n) is 9.98. The van der Waals surface area contributed by atoms with E-state index in [9.17, 15) is 4.39 Å². The largest absolute Gasteiger partial charge is 0.388 e. The fraction of sp³-hybridized carbons (Fsp3) is 0.160. The Morgan fingerprint density at radius 2 is 2.06 bits per heavy atom. The summed E-state index contributed by atoms with van der Waals surface area (Å²) in [7, 11) is 1.94. The van der Waals surface area contributed by atoms with Gasteiger partial charge in [0, 0.05) is 47.6 Å². The number of hydrogen-bond donors (Lipinski definition) is 2. The summed E-state index contributed by atoms with van der Waals surface area (Å²) in [6.07, 6.45) is 11.1. The summed E-state index contributed by atoms with van der Waals surface area (Å²) in [4.78, 5) is 4.72. The van der Waals surface area contributed by atoms with E-state index in [4.69, 9.17) is 15.7 Å². The minimum atomic E-state index is -0.560. The summed E-state index contributed by atoms with van der Waals surface area (Å²) in [6, 6.07) is 8.74. The molecule has 0 unspecified atom stereocenters. The molecule has 6 heteroatoms. The van der Waals surface area contributed by atoms with Crippen molar-refractivity contribution in [2.45, 2.75) is 19.9 Å². The highest BCUT2D eigenvalue weighted by molar-refractivity contribution is 6.14. The van der Waals surface area contributed by atoms with Gasteiger partial charge in [0.15, 0.2) is 0 Å². The molecule has 1 aliphatic rings. The lowest BCUT2D eigenvalue weighted by Crippen LogP contribution is -2.17. The second kappa shape index (κ2) is 8.04. The summed E-state index contributed by atoms with van der Waals surface area (Å²) in [5.41, 5.74) is 5.06. The average Bonchev–Trinajstić information content (AvgIpc) is 3.13. The number of rotatable bonds is 4. The molecule has 2 N–H and O–H groups in total. The summed E-state index contributed by atoms with van der Waals surface area (Å²) < 4.78 is 16.4. The van der Waals surface area contributed by atoms with Crippen LogP contribution in [0.3, 0.4) is 0 Å². The number of nitrogens with zero attached hydrogens (tertiary/aromatic N) is 3. The Bertz CT molecular complexity index is 1330. The molecule has 0 radical (unpaired) electrons. The molecule has 0 saturated heterocycles. The van der Waals surface area contributed by atoms with E-state index in [1.165, 1.54) is 12.1 Å². The molecule has 0 saturated carbocycles. The van der Waals surface area contributed by atoms with E-state index in [0.717, 1.165) is 27.6 Å². The Morgan fingerprint density at radius 3 is 2.77 bits per heavy atom. The molecule has 0 amide bonds. The van der Waals surface area contributed by atoms with E-state index >= 15 is 0 Å².